The van der Waals surface area contributed by atoms with Gasteiger partial charge in [0.25, 0.3) is 0 Å². The van der Waals surface area contributed by atoms with Crippen LogP contribution in [0.1, 0.15) is 6.92 Å². The SMILES string of the molecule is CC(=O)Nc1ccc(F)cc1NC(=O)CN. The van der Waals surface area contributed by atoms with Crippen LogP contribution in [0, 0.1) is 5.82 Å². The van der Waals surface area contributed by atoms with Crippen molar-refractivity contribution < 1.29 is 14.0 Å². The molecule has 1 aromatic carbocycles. The van der Waals surface area contributed by atoms with E-state index in [9.17, 15) is 14.0 Å². The normalized spacial score (nSPS) is 9.69. The molecule has 0 heterocycles. The molecule has 0 radical (unpaired) electrons. The molecule has 0 bridgehead atoms. The van der Waals surface area contributed by atoms with E-state index in [1.807, 2.05) is 0 Å². The molecule has 0 aliphatic carbocycles. The number of nitrogens with one attached hydrogen (secondary N) is 2. The van der Waals surface area contributed by atoms with Crippen LogP contribution in [0.5, 0.6) is 0 Å². The maximum Gasteiger partial charge on any atom is 0.238 e. The van der Waals surface area contributed by atoms with Crippen molar-refractivity contribution in [2.45, 2.75) is 6.92 Å². The first kappa shape index (κ1) is 12.1. The Bertz CT molecular complexity index is 421. The summed E-state index contributed by atoms with van der Waals surface area (Å²) in [7, 11) is 0. The fraction of sp³-hybridized carbons (Fsp3) is 0.200. The predicted octanol–water partition coefficient (Wildman–Crippen LogP) is 0.681. The molecule has 5 nitrogen and oxygen atoms in total. The summed E-state index contributed by atoms with van der Waals surface area (Å²) in [5, 5.41) is 4.86. The number of nitrogens with two attached hydrogens (primary N) is 1. The van der Waals surface area contributed by atoms with Crippen molar-refractivity contribution in [1.29, 1.82) is 0 Å². The summed E-state index contributed by atoms with van der Waals surface area (Å²) in [5.41, 5.74) is 5.63. The van der Waals surface area contributed by atoms with Crippen LogP contribution >= 0.6 is 0 Å². The zero-order valence-electron chi connectivity index (χ0n) is 8.71. The summed E-state index contributed by atoms with van der Waals surface area (Å²) in [5.74, 6) is -1.28. The molecule has 0 atom stereocenters. The molecule has 4 N–H and O–H groups in total. The van der Waals surface area contributed by atoms with E-state index < -0.39 is 11.7 Å². The molecule has 0 fully saturated rings. The van der Waals surface area contributed by atoms with Crippen molar-refractivity contribution in [3.05, 3.63) is 24.0 Å². The van der Waals surface area contributed by atoms with Gasteiger partial charge in [-0.1, -0.05) is 0 Å². The van der Waals surface area contributed by atoms with Gasteiger partial charge in [-0.25, -0.2) is 4.39 Å². The lowest BCUT2D eigenvalue weighted by Gasteiger charge is -2.10. The molecule has 2 amide bonds. The van der Waals surface area contributed by atoms with E-state index in [2.05, 4.69) is 10.6 Å². The lowest BCUT2D eigenvalue weighted by molar-refractivity contribution is -0.115. The van der Waals surface area contributed by atoms with Crippen LogP contribution in [0.15, 0.2) is 18.2 Å². The van der Waals surface area contributed by atoms with Gasteiger partial charge in [-0.15, -0.1) is 0 Å². The Morgan fingerprint density at radius 3 is 2.56 bits per heavy atom. The van der Waals surface area contributed by atoms with Gasteiger partial charge in [-0.3, -0.25) is 9.59 Å². The van der Waals surface area contributed by atoms with Gasteiger partial charge in [0.05, 0.1) is 17.9 Å². The largest absolute Gasteiger partial charge is 0.325 e. The average Bonchev–Trinajstić information content (AvgIpc) is 2.21. The number of halogens is 1. The standard InChI is InChI=1S/C10H12FN3O2/c1-6(15)13-8-3-2-7(11)4-9(8)14-10(16)5-12/h2-4H,5,12H2,1H3,(H,13,15)(H,14,16). The lowest BCUT2D eigenvalue weighted by Crippen LogP contribution is -2.23. The van der Waals surface area contributed by atoms with E-state index in [4.69, 9.17) is 5.73 Å². The lowest BCUT2D eigenvalue weighted by atomic mass is 10.2. The molecule has 0 aromatic heterocycles. The van der Waals surface area contributed by atoms with Gasteiger partial charge in [-0.05, 0) is 18.2 Å². The maximum atomic E-state index is 12.9. The van der Waals surface area contributed by atoms with Gasteiger partial charge < -0.3 is 16.4 Å². The average molecular weight is 225 g/mol. The molecule has 86 valence electrons. The smallest absolute Gasteiger partial charge is 0.238 e. The van der Waals surface area contributed by atoms with Gasteiger partial charge in [0.2, 0.25) is 11.8 Å². The second kappa shape index (κ2) is 5.22. The van der Waals surface area contributed by atoms with Crippen molar-refractivity contribution in [2.75, 3.05) is 17.2 Å². The van der Waals surface area contributed by atoms with Crippen LogP contribution in [0.2, 0.25) is 0 Å². The summed E-state index contributed by atoms with van der Waals surface area (Å²) < 4.78 is 12.9. The number of hydrogen-bond donors (Lipinski definition) is 3. The van der Waals surface area contributed by atoms with Crippen LogP contribution in [-0.2, 0) is 9.59 Å². The second-order valence-electron chi connectivity index (χ2n) is 3.12. The van der Waals surface area contributed by atoms with Crippen molar-refractivity contribution in [3.8, 4) is 0 Å². The summed E-state index contributed by atoms with van der Waals surface area (Å²) in [6.07, 6.45) is 0. The van der Waals surface area contributed by atoms with Crippen LogP contribution in [0.3, 0.4) is 0 Å². The van der Waals surface area contributed by atoms with E-state index in [0.717, 1.165) is 6.07 Å². The summed E-state index contributed by atoms with van der Waals surface area (Å²) in [6.45, 7) is 1.11. The number of anilines is 2. The first-order chi connectivity index (χ1) is 7.52. The van der Waals surface area contributed by atoms with Crippen molar-refractivity contribution in [3.63, 3.8) is 0 Å². The molecular formula is C10H12FN3O2. The predicted molar refractivity (Wildman–Crippen MR) is 58.4 cm³/mol. The Kier molecular flexibility index (Phi) is 3.96. The Labute approximate surface area is 91.8 Å². The highest BCUT2D eigenvalue weighted by molar-refractivity contribution is 5.99. The van der Waals surface area contributed by atoms with Crippen LogP contribution in [0.25, 0.3) is 0 Å². The monoisotopic (exact) mass is 225 g/mol. The van der Waals surface area contributed by atoms with Gasteiger partial charge >= 0.3 is 0 Å². The molecular weight excluding hydrogens is 213 g/mol. The number of rotatable bonds is 3. The summed E-state index contributed by atoms with van der Waals surface area (Å²) >= 11 is 0. The van der Waals surface area contributed by atoms with E-state index in [0.29, 0.717) is 5.69 Å². The molecule has 1 rings (SSSR count). The number of hydrogen-bond acceptors (Lipinski definition) is 3. The van der Waals surface area contributed by atoms with Crippen LogP contribution in [-0.4, -0.2) is 18.4 Å². The zero-order valence-corrected chi connectivity index (χ0v) is 8.71. The first-order valence-electron chi connectivity index (χ1n) is 4.60. The van der Waals surface area contributed by atoms with Crippen molar-refractivity contribution in [1.82, 2.24) is 0 Å². The minimum Gasteiger partial charge on any atom is -0.325 e. The van der Waals surface area contributed by atoms with E-state index in [-0.39, 0.29) is 18.1 Å². The minimum absolute atomic E-state index is 0.186. The topological polar surface area (TPSA) is 84.2 Å². The number of carbonyl (C=O) groups is 2. The Hall–Kier alpha value is -1.95. The Morgan fingerprint density at radius 1 is 1.31 bits per heavy atom. The molecule has 0 spiro atoms. The summed E-state index contributed by atoms with van der Waals surface area (Å²) in [6, 6.07) is 3.66. The fourth-order valence-corrected chi connectivity index (χ4v) is 1.12. The number of amides is 2. The third-order valence-corrected chi connectivity index (χ3v) is 1.75. The number of benzene rings is 1. The molecule has 1 aromatic rings. The van der Waals surface area contributed by atoms with Crippen LogP contribution < -0.4 is 16.4 Å². The zero-order chi connectivity index (χ0) is 12.1. The van der Waals surface area contributed by atoms with E-state index in [1.165, 1.54) is 19.1 Å². The van der Waals surface area contributed by atoms with Crippen LogP contribution in [0.4, 0.5) is 15.8 Å². The van der Waals surface area contributed by atoms with E-state index >= 15 is 0 Å². The van der Waals surface area contributed by atoms with Gasteiger partial charge in [-0.2, -0.15) is 0 Å². The van der Waals surface area contributed by atoms with Gasteiger partial charge in [0.15, 0.2) is 0 Å². The summed E-state index contributed by atoms with van der Waals surface area (Å²) in [4.78, 5) is 21.9. The highest BCUT2D eigenvalue weighted by atomic mass is 19.1. The molecule has 0 aliphatic heterocycles. The highest BCUT2D eigenvalue weighted by Gasteiger charge is 2.08. The van der Waals surface area contributed by atoms with Crippen molar-refractivity contribution in [2.24, 2.45) is 5.73 Å². The molecule has 0 unspecified atom stereocenters. The fourth-order valence-electron chi connectivity index (χ4n) is 1.12. The number of carbonyl (C=O) groups excluding carboxylic acids is 2. The first-order valence-corrected chi connectivity index (χ1v) is 4.60. The van der Waals surface area contributed by atoms with Gasteiger partial charge in [0, 0.05) is 6.92 Å². The van der Waals surface area contributed by atoms with Gasteiger partial charge in [0.1, 0.15) is 5.82 Å². The molecule has 16 heavy (non-hydrogen) atoms. The van der Waals surface area contributed by atoms with Crippen molar-refractivity contribution >= 4 is 23.2 Å². The second-order valence-corrected chi connectivity index (χ2v) is 3.12. The highest BCUT2D eigenvalue weighted by Crippen LogP contribution is 2.22. The third kappa shape index (κ3) is 3.32. The molecule has 0 saturated carbocycles. The van der Waals surface area contributed by atoms with E-state index in [1.54, 1.807) is 0 Å². The third-order valence-electron chi connectivity index (χ3n) is 1.75. The molecule has 0 aliphatic rings. The molecule has 6 heteroatoms. The Balaban J connectivity index is 2.98. The molecule has 0 saturated heterocycles. The quantitative estimate of drug-likeness (QED) is 0.707. The Morgan fingerprint density at radius 2 is 2.00 bits per heavy atom. The minimum atomic E-state index is -0.513. The maximum absolute atomic E-state index is 12.9.